The van der Waals surface area contributed by atoms with Crippen molar-refractivity contribution in [2.45, 2.75) is 30.8 Å². The third-order valence-electron chi connectivity index (χ3n) is 3.69. The lowest BCUT2D eigenvalue weighted by Gasteiger charge is -2.33. The van der Waals surface area contributed by atoms with Crippen LogP contribution < -0.4 is 5.32 Å². The van der Waals surface area contributed by atoms with Gasteiger partial charge in [-0.2, -0.15) is 4.31 Å². The van der Waals surface area contributed by atoms with Crippen molar-refractivity contribution in [2.24, 2.45) is 7.05 Å². The lowest BCUT2D eigenvalue weighted by molar-refractivity contribution is 0.0314. The van der Waals surface area contributed by atoms with E-state index in [-0.39, 0.29) is 6.04 Å². The van der Waals surface area contributed by atoms with Crippen LogP contribution in [0.4, 0.5) is 0 Å². The minimum Gasteiger partial charge on any atom is -0.378 e. The Bertz CT molecular complexity index is 553. The highest BCUT2D eigenvalue weighted by Crippen LogP contribution is 2.23. The first-order chi connectivity index (χ1) is 9.50. The Morgan fingerprint density at radius 1 is 1.50 bits per heavy atom. The second kappa shape index (κ2) is 6.26. The summed E-state index contributed by atoms with van der Waals surface area (Å²) < 4.78 is 34.3. The van der Waals surface area contributed by atoms with Crippen LogP contribution in [0.2, 0.25) is 0 Å². The van der Waals surface area contributed by atoms with Crippen LogP contribution in [0.15, 0.2) is 17.2 Å². The number of aryl methyl sites for hydroxylation is 1. The standard InChI is InChI=1S/C13H23N3O3S/c1-4-11-10-19-6-5-16(11)20(17,18)13-7-12(8-14-2)15(3)9-13/h7,9,11,14H,4-6,8,10H2,1-3H3. The number of ether oxygens (including phenoxy) is 1. The lowest BCUT2D eigenvalue weighted by atomic mass is 10.2. The van der Waals surface area contributed by atoms with Crippen molar-refractivity contribution < 1.29 is 13.2 Å². The molecule has 0 aromatic carbocycles. The molecule has 0 amide bonds. The van der Waals surface area contributed by atoms with E-state index in [4.69, 9.17) is 4.74 Å². The van der Waals surface area contributed by atoms with Crippen molar-refractivity contribution >= 4 is 10.0 Å². The molecule has 0 aliphatic carbocycles. The van der Waals surface area contributed by atoms with E-state index in [0.29, 0.717) is 31.2 Å². The highest BCUT2D eigenvalue weighted by atomic mass is 32.2. The van der Waals surface area contributed by atoms with Gasteiger partial charge in [0, 0.05) is 38.1 Å². The summed E-state index contributed by atoms with van der Waals surface area (Å²) in [5.41, 5.74) is 0.951. The fourth-order valence-electron chi connectivity index (χ4n) is 2.49. The largest absolute Gasteiger partial charge is 0.378 e. The summed E-state index contributed by atoms with van der Waals surface area (Å²) in [6, 6.07) is 1.68. The Morgan fingerprint density at radius 3 is 2.90 bits per heavy atom. The maximum absolute atomic E-state index is 12.8. The molecule has 1 saturated heterocycles. The lowest BCUT2D eigenvalue weighted by Crippen LogP contribution is -2.48. The number of nitrogens with zero attached hydrogens (tertiary/aromatic N) is 2. The highest BCUT2D eigenvalue weighted by molar-refractivity contribution is 7.89. The number of nitrogens with one attached hydrogen (secondary N) is 1. The van der Waals surface area contributed by atoms with Gasteiger partial charge >= 0.3 is 0 Å². The zero-order chi connectivity index (χ0) is 14.8. The molecule has 6 nitrogen and oxygen atoms in total. The molecule has 2 heterocycles. The van der Waals surface area contributed by atoms with Gasteiger partial charge in [-0.25, -0.2) is 8.42 Å². The molecule has 20 heavy (non-hydrogen) atoms. The van der Waals surface area contributed by atoms with Crippen LogP contribution in [-0.2, 0) is 28.4 Å². The molecule has 1 aliphatic heterocycles. The molecule has 1 aliphatic rings. The number of hydrogen-bond acceptors (Lipinski definition) is 4. The smallest absolute Gasteiger partial charge is 0.245 e. The van der Waals surface area contributed by atoms with Crippen molar-refractivity contribution in [1.29, 1.82) is 0 Å². The Kier molecular flexibility index (Phi) is 4.85. The van der Waals surface area contributed by atoms with Crippen molar-refractivity contribution in [3.8, 4) is 0 Å². The van der Waals surface area contributed by atoms with Gasteiger partial charge in [-0.3, -0.25) is 0 Å². The van der Waals surface area contributed by atoms with Crippen molar-refractivity contribution in [1.82, 2.24) is 14.2 Å². The minimum atomic E-state index is -3.44. The molecule has 0 spiro atoms. The highest BCUT2D eigenvalue weighted by Gasteiger charge is 2.33. The zero-order valence-electron chi connectivity index (χ0n) is 12.3. The van der Waals surface area contributed by atoms with Gasteiger partial charge in [-0.1, -0.05) is 6.92 Å². The van der Waals surface area contributed by atoms with Crippen LogP contribution in [0.5, 0.6) is 0 Å². The van der Waals surface area contributed by atoms with Gasteiger partial charge in [-0.05, 0) is 19.5 Å². The average Bonchev–Trinajstić information content (AvgIpc) is 2.81. The quantitative estimate of drug-likeness (QED) is 0.862. The van der Waals surface area contributed by atoms with Gasteiger partial charge in [0.1, 0.15) is 4.90 Å². The summed E-state index contributed by atoms with van der Waals surface area (Å²) in [6.45, 7) is 4.00. The van der Waals surface area contributed by atoms with E-state index < -0.39 is 10.0 Å². The molecule has 7 heteroatoms. The second-order valence-electron chi connectivity index (χ2n) is 5.06. The first-order valence-electron chi connectivity index (χ1n) is 6.90. The third-order valence-corrected chi connectivity index (χ3v) is 5.61. The molecule has 1 N–H and O–H groups in total. The molecule has 114 valence electrons. The van der Waals surface area contributed by atoms with Crippen molar-refractivity contribution in [3.05, 3.63) is 18.0 Å². The molecule has 1 aromatic heterocycles. The Morgan fingerprint density at radius 2 is 2.25 bits per heavy atom. The van der Waals surface area contributed by atoms with Crippen LogP contribution >= 0.6 is 0 Å². The van der Waals surface area contributed by atoms with Crippen LogP contribution in [0.1, 0.15) is 19.0 Å². The van der Waals surface area contributed by atoms with Gasteiger partial charge in [-0.15, -0.1) is 0 Å². The summed E-state index contributed by atoms with van der Waals surface area (Å²) >= 11 is 0. The third kappa shape index (κ3) is 2.90. The van der Waals surface area contributed by atoms with Crippen LogP contribution in [0, 0.1) is 0 Å². The summed E-state index contributed by atoms with van der Waals surface area (Å²) in [7, 11) is 0.268. The van der Waals surface area contributed by atoms with E-state index in [1.165, 1.54) is 0 Å². The molecule has 2 rings (SSSR count). The normalized spacial score (nSPS) is 21.2. The molecule has 0 saturated carbocycles. The van der Waals surface area contributed by atoms with Gasteiger partial charge in [0.05, 0.1) is 13.2 Å². The molecule has 1 atom stereocenters. The van der Waals surface area contributed by atoms with E-state index in [1.54, 1.807) is 16.6 Å². The maximum Gasteiger partial charge on any atom is 0.245 e. The maximum atomic E-state index is 12.8. The number of aromatic nitrogens is 1. The first kappa shape index (κ1) is 15.5. The van der Waals surface area contributed by atoms with Crippen LogP contribution in [0.25, 0.3) is 0 Å². The summed E-state index contributed by atoms with van der Waals surface area (Å²) in [4.78, 5) is 0.366. The Hall–Kier alpha value is -0.890. The second-order valence-corrected chi connectivity index (χ2v) is 6.95. The predicted molar refractivity (Wildman–Crippen MR) is 77.0 cm³/mol. The summed E-state index contributed by atoms with van der Waals surface area (Å²) in [5, 5.41) is 3.04. The fourth-order valence-corrected chi connectivity index (χ4v) is 4.25. The molecular formula is C13H23N3O3S. The van der Waals surface area contributed by atoms with Gasteiger partial charge < -0.3 is 14.6 Å². The molecule has 0 bridgehead atoms. The van der Waals surface area contributed by atoms with Crippen LogP contribution in [-0.4, -0.2) is 50.1 Å². The molecule has 1 unspecified atom stereocenters. The zero-order valence-corrected chi connectivity index (χ0v) is 13.1. The predicted octanol–water partition coefficient (Wildman–Crippen LogP) is 0.544. The number of morpholine rings is 1. The van der Waals surface area contributed by atoms with E-state index in [2.05, 4.69) is 5.32 Å². The van der Waals surface area contributed by atoms with Gasteiger partial charge in [0.25, 0.3) is 0 Å². The molecule has 0 radical (unpaired) electrons. The first-order valence-corrected chi connectivity index (χ1v) is 8.34. The Balaban J connectivity index is 2.31. The Labute approximate surface area is 120 Å². The van der Waals surface area contributed by atoms with E-state index in [0.717, 1.165) is 12.1 Å². The van der Waals surface area contributed by atoms with Crippen molar-refractivity contribution in [3.63, 3.8) is 0 Å². The van der Waals surface area contributed by atoms with Gasteiger partial charge in [0.15, 0.2) is 0 Å². The molecule has 1 aromatic rings. The fraction of sp³-hybridized carbons (Fsp3) is 0.692. The number of rotatable bonds is 5. The topological polar surface area (TPSA) is 63.6 Å². The van der Waals surface area contributed by atoms with E-state index in [1.807, 2.05) is 25.6 Å². The minimum absolute atomic E-state index is 0.0679. The molecular weight excluding hydrogens is 278 g/mol. The average molecular weight is 301 g/mol. The summed E-state index contributed by atoms with van der Waals surface area (Å²) in [5.74, 6) is 0. The van der Waals surface area contributed by atoms with Crippen molar-refractivity contribution in [2.75, 3.05) is 26.8 Å². The number of hydrogen-bond donors (Lipinski definition) is 1. The van der Waals surface area contributed by atoms with Crippen LogP contribution in [0.3, 0.4) is 0 Å². The van der Waals surface area contributed by atoms with Gasteiger partial charge in [0.2, 0.25) is 10.0 Å². The number of sulfonamides is 1. The summed E-state index contributed by atoms with van der Waals surface area (Å²) in [6.07, 6.45) is 2.44. The van der Waals surface area contributed by atoms with E-state index >= 15 is 0 Å². The SMILES string of the molecule is CCC1COCCN1S(=O)(=O)c1cc(CNC)n(C)c1. The van der Waals surface area contributed by atoms with E-state index in [9.17, 15) is 8.42 Å². The monoisotopic (exact) mass is 301 g/mol. The molecule has 1 fully saturated rings.